The van der Waals surface area contributed by atoms with E-state index in [2.05, 4.69) is 20.5 Å². The molecule has 4 nitrogen and oxygen atoms in total. The van der Waals surface area contributed by atoms with Gasteiger partial charge in [0.1, 0.15) is 0 Å². The van der Waals surface area contributed by atoms with Crippen LogP contribution >= 0.6 is 11.3 Å². The molecule has 0 radical (unpaired) electrons. The van der Waals surface area contributed by atoms with Gasteiger partial charge in [0.15, 0.2) is 0 Å². The van der Waals surface area contributed by atoms with E-state index in [-0.39, 0.29) is 0 Å². The third-order valence-corrected chi connectivity index (χ3v) is 4.15. The Bertz CT molecular complexity index is 868. The van der Waals surface area contributed by atoms with Crippen LogP contribution in [0, 0.1) is 6.92 Å². The lowest BCUT2D eigenvalue weighted by atomic mass is 10.1. The van der Waals surface area contributed by atoms with Crippen molar-refractivity contribution in [3.8, 4) is 11.3 Å². The molecule has 0 bridgehead atoms. The Labute approximate surface area is 146 Å². The van der Waals surface area contributed by atoms with E-state index in [1.54, 1.807) is 18.3 Å². The van der Waals surface area contributed by atoms with Gasteiger partial charge in [0, 0.05) is 17.1 Å². The highest BCUT2D eigenvalue weighted by atomic mass is 32.1. The average molecular weight is 362 g/mol. The fraction of sp³-hybridized carbons (Fsp3) is 0.118. The number of benzene rings is 1. The number of halogens is 3. The van der Waals surface area contributed by atoms with Gasteiger partial charge in [-0.3, -0.25) is 10.4 Å². The van der Waals surface area contributed by atoms with Gasteiger partial charge in [0.25, 0.3) is 0 Å². The summed E-state index contributed by atoms with van der Waals surface area (Å²) < 4.78 is 37.7. The van der Waals surface area contributed by atoms with Crippen LogP contribution in [0.5, 0.6) is 0 Å². The summed E-state index contributed by atoms with van der Waals surface area (Å²) in [6, 6.07) is 9.57. The second-order valence-electron chi connectivity index (χ2n) is 5.22. The van der Waals surface area contributed by atoms with E-state index in [1.165, 1.54) is 17.4 Å². The fourth-order valence-corrected chi connectivity index (χ4v) is 2.68. The number of thiazole rings is 1. The molecule has 0 saturated carbocycles. The maximum absolute atomic E-state index is 12.6. The number of nitrogens with zero attached hydrogens (tertiary/aromatic N) is 3. The van der Waals surface area contributed by atoms with Crippen LogP contribution in [0.4, 0.5) is 18.3 Å². The molecule has 2 heterocycles. The van der Waals surface area contributed by atoms with Crippen LogP contribution in [0.1, 0.15) is 16.8 Å². The number of nitrogens with one attached hydrogen (secondary N) is 1. The Kier molecular flexibility index (Phi) is 4.80. The highest BCUT2D eigenvalue weighted by Crippen LogP contribution is 2.29. The highest BCUT2D eigenvalue weighted by Gasteiger charge is 2.30. The summed E-state index contributed by atoms with van der Waals surface area (Å²) in [6.07, 6.45) is -1.90. The summed E-state index contributed by atoms with van der Waals surface area (Å²) in [5.74, 6) is 0. The Morgan fingerprint density at radius 3 is 2.44 bits per heavy atom. The minimum Gasteiger partial charge on any atom is -0.256 e. The van der Waals surface area contributed by atoms with E-state index in [0.717, 1.165) is 29.1 Å². The van der Waals surface area contributed by atoms with Gasteiger partial charge in [-0.25, -0.2) is 4.98 Å². The number of hydrogen-bond acceptors (Lipinski definition) is 5. The van der Waals surface area contributed by atoms with E-state index in [9.17, 15) is 13.2 Å². The number of aromatic nitrogens is 2. The molecule has 25 heavy (non-hydrogen) atoms. The molecule has 0 saturated heterocycles. The molecule has 1 N–H and O–H groups in total. The maximum Gasteiger partial charge on any atom is 0.417 e. The van der Waals surface area contributed by atoms with Crippen molar-refractivity contribution in [1.82, 2.24) is 9.97 Å². The molecule has 0 aliphatic rings. The lowest BCUT2D eigenvalue weighted by Crippen LogP contribution is -2.05. The van der Waals surface area contributed by atoms with Crippen molar-refractivity contribution < 1.29 is 13.2 Å². The van der Waals surface area contributed by atoms with Crippen LogP contribution in [0.3, 0.4) is 0 Å². The maximum atomic E-state index is 12.6. The van der Waals surface area contributed by atoms with E-state index in [1.807, 2.05) is 24.4 Å². The van der Waals surface area contributed by atoms with Crippen LogP contribution in [0.2, 0.25) is 0 Å². The number of anilines is 1. The summed E-state index contributed by atoms with van der Waals surface area (Å²) in [6.45, 7) is 1.90. The SMILES string of the molecule is Cc1csc(NN=Cc2ccc(-c3ccc(C(F)(F)F)cn3)cc2)n1. The summed E-state index contributed by atoms with van der Waals surface area (Å²) in [4.78, 5) is 8.10. The van der Waals surface area contributed by atoms with E-state index < -0.39 is 11.7 Å². The van der Waals surface area contributed by atoms with Crippen molar-refractivity contribution in [1.29, 1.82) is 0 Å². The van der Waals surface area contributed by atoms with Gasteiger partial charge in [0.05, 0.1) is 23.2 Å². The van der Waals surface area contributed by atoms with E-state index >= 15 is 0 Å². The first-order valence-electron chi connectivity index (χ1n) is 7.27. The van der Waals surface area contributed by atoms with Gasteiger partial charge >= 0.3 is 6.18 Å². The van der Waals surface area contributed by atoms with Crippen molar-refractivity contribution in [2.45, 2.75) is 13.1 Å². The smallest absolute Gasteiger partial charge is 0.256 e. The zero-order valence-corrected chi connectivity index (χ0v) is 13.9. The normalized spacial score (nSPS) is 11.8. The molecular weight excluding hydrogens is 349 g/mol. The lowest BCUT2D eigenvalue weighted by molar-refractivity contribution is -0.137. The van der Waals surface area contributed by atoms with Crippen LogP contribution in [-0.2, 0) is 6.18 Å². The van der Waals surface area contributed by atoms with Crippen LogP contribution in [0.25, 0.3) is 11.3 Å². The summed E-state index contributed by atoms with van der Waals surface area (Å²) in [5.41, 5.74) is 5.06. The number of hydrogen-bond donors (Lipinski definition) is 1. The Morgan fingerprint density at radius 1 is 1.12 bits per heavy atom. The van der Waals surface area contributed by atoms with E-state index in [0.29, 0.717) is 10.8 Å². The summed E-state index contributed by atoms with van der Waals surface area (Å²) in [5, 5.41) is 6.73. The number of rotatable bonds is 4. The van der Waals surface area contributed by atoms with Crippen molar-refractivity contribution in [3.63, 3.8) is 0 Å². The quantitative estimate of drug-likeness (QED) is 0.526. The topological polar surface area (TPSA) is 50.2 Å². The molecule has 0 spiro atoms. The molecule has 128 valence electrons. The first-order valence-corrected chi connectivity index (χ1v) is 8.15. The van der Waals surface area contributed by atoms with Crippen molar-refractivity contribution in [2.24, 2.45) is 5.10 Å². The molecule has 8 heteroatoms. The first kappa shape index (κ1) is 17.1. The van der Waals surface area contributed by atoms with Crippen LogP contribution < -0.4 is 5.43 Å². The highest BCUT2D eigenvalue weighted by molar-refractivity contribution is 7.13. The van der Waals surface area contributed by atoms with Crippen molar-refractivity contribution in [2.75, 3.05) is 5.43 Å². The molecule has 0 amide bonds. The molecule has 0 atom stereocenters. The zero-order chi connectivity index (χ0) is 17.9. The summed E-state index contributed by atoms with van der Waals surface area (Å²) >= 11 is 1.46. The number of hydrazone groups is 1. The predicted molar refractivity (Wildman–Crippen MR) is 92.7 cm³/mol. The standard InChI is InChI=1S/C17H13F3N4S/c1-11-10-25-16(23-11)24-22-8-12-2-4-13(5-3-12)15-7-6-14(9-21-15)17(18,19)20/h2-10H,1H3,(H,23,24). The first-order chi connectivity index (χ1) is 11.9. The Morgan fingerprint density at radius 2 is 1.88 bits per heavy atom. The number of alkyl halides is 3. The lowest BCUT2D eigenvalue weighted by Gasteiger charge is -2.07. The minimum absolute atomic E-state index is 0.480. The summed E-state index contributed by atoms with van der Waals surface area (Å²) in [7, 11) is 0. The minimum atomic E-state index is -4.38. The molecule has 3 rings (SSSR count). The van der Waals surface area contributed by atoms with Crippen LogP contribution in [-0.4, -0.2) is 16.2 Å². The van der Waals surface area contributed by atoms with Gasteiger partial charge < -0.3 is 0 Å². The largest absolute Gasteiger partial charge is 0.417 e. The molecule has 2 aromatic heterocycles. The molecule has 0 fully saturated rings. The van der Waals surface area contributed by atoms with Gasteiger partial charge in [0.2, 0.25) is 5.13 Å². The second kappa shape index (κ2) is 7.02. The average Bonchev–Trinajstić information content (AvgIpc) is 3.00. The molecule has 0 aliphatic heterocycles. The molecule has 0 aliphatic carbocycles. The van der Waals surface area contributed by atoms with Gasteiger partial charge in [-0.15, -0.1) is 11.3 Å². The van der Waals surface area contributed by atoms with E-state index in [4.69, 9.17) is 0 Å². The van der Waals surface area contributed by atoms with Gasteiger partial charge in [-0.1, -0.05) is 24.3 Å². The Balaban J connectivity index is 1.67. The zero-order valence-electron chi connectivity index (χ0n) is 13.1. The molecular formula is C17H13F3N4S. The Hall–Kier alpha value is -2.74. The fourth-order valence-electron chi connectivity index (χ4n) is 2.04. The third kappa shape index (κ3) is 4.42. The van der Waals surface area contributed by atoms with Crippen molar-refractivity contribution in [3.05, 3.63) is 64.8 Å². The molecule has 1 aromatic carbocycles. The third-order valence-electron chi connectivity index (χ3n) is 3.29. The van der Waals surface area contributed by atoms with Crippen molar-refractivity contribution >= 4 is 22.7 Å². The monoisotopic (exact) mass is 362 g/mol. The number of aryl methyl sites for hydroxylation is 1. The van der Waals surface area contributed by atoms with Gasteiger partial charge in [-0.2, -0.15) is 18.3 Å². The molecule has 3 aromatic rings. The second-order valence-corrected chi connectivity index (χ2v) is 6.07. The van der Waals surface area contributed by atoms with Crippen LogP contribution in [0.15, 0.2) is 53.1 Å². The molecule has 0 unspecified atom stereocenters. The van der Waals surface area contributed by atoms with Gasteiger partial charge in [-0.05, 0) is 24.6 Å². The predicted octanol–water partition coefficient (Wildman–Crippen LogP) is 4.98. The number of pyridine rings is 1.